The van der Waals surface area contributed by atoms with Crippen molar-refractivity contribution in [3.05, 3.63) is 47.1 Å². The molecule has 1 aromatic carbocycles. The predicted molar refractivity (Wildman–Crippen MR) is 113 cm³/mol. The van der Waals surface area contributed by atoms with Crippen LogP contribution >= 0.6 is 11.3 Å². The van der Waals surface area contributed by atoms with E-state index in [4.69, 9.17) is 14.2 Å². The molecule has 156 valence electrons. The quantitative estimate of drug-likeness (QED) is 0.530. The van der Waals surface area contributed by atoms with E-state index in [9.17, 15) is 4.79 Å². The largest absolute Gasteiger partial charge is 0.493 e. The minimum absolute atomic E-state index is 0.0528. The lowest BCUT2D eigenvalue weighted by molar-refractivity contribution is 0.0460. The molecule has 0 spiro atoms. The maximum Gasteiger partial charge on any atom is 0.359 e. The number of ether oxygens (including phenoxy) is 3. The summed E-state index contributed by atoms with van der Waals surface area (Å²) in [6, 6.07) is 9.08. The summed E-state index contributed by atoms with van der Waals surface area (Å²) in [7, 11) is 3.18. The van der Waals surface area contributed by atoms with Crippen LogP contribution in [-0.2, 0) is 11.3 Å². The number of carbonyl (C=O) groups is 1. The monoisotopic (exact) mass is 426 g/mol. The van der Waals surface area contributed by atoms with Crippen molar-refractivity contribution in [1.29, 1.82) is 0 Å². The molecule has 4 rings (SSSR count). The molecule has 0 bridgehead atoms. The molecule has 0 amide bonds. The summed E-state index contributed by atoms with van der Waals surface area (Å²) in [6.07, 6.45) is 2.31. The number of thiazole rings is 1. The third-order valence-corrected chi connectivity index (χ3v) is 5.75. The van der Waals surface area contributed by atoms with Crippen LogP contribution in [0.3, 0.4) is 0 Å². The van der Waals surface area contributed by atoms with Crippen molar-refractivity contribution in [1.82, 2.24) is 15.2 Å². The first-order chi connectivity index (χ1) is 14.7. The number of nitrogens with zero attached hydrogens (tertiary/aromatic N) is 4. The van der Waals surface area contributed by atoms with Gasteiger partial charge in [-0.25, -0.2) is 9.78 Å². The summed E-state index contributed by atoms with van der Waals surface area (Å²) in [5, 5.41) is 10.8. The fourth-order valence-electron chi connectivity index (χ4n) is 3.31. The first kappa shape index (κ1) is 20.1. The van der Waals surface area contributed by atoms with Crippen LogP contribution in [0.15, 0.2) is 35.7 Å². The third kappa shape index (κ3) is 4.20. The Morgan fingerprint density at radius 2 is 1.93 bits per heavy atom. The molecule has 0 aliphatic carbocycles. The minimum Gasteiger partial charge on any atom is -0.493 e. The van der Waals surface area contributed by atoms with Gasteiger partial charge in [-0.15, -0.1) is 21.5 Å². The van der Waals surface area contributed by atoms with Gasteiger partial charge in [0, 0.05) is 18.5 Å². The van der Waals surface area contributed by atoms with Gasteiger partial charge in [-0.05, 0) is 37.1 Å². The van der Waals surface area contributed by atoms with Crippen LogP contribution in [0.4, 0.5) is 5.82 Å². The minimum atomic E-state index is -0.524. The van der Waals surface area contributed by atoms with Gasteiger partial charge in [0.25, 0.3) is 0 Å². The average molecular weight is 426 g/mol. The highest BCUT2D eigenvalue weighted by molar-refractivity contribution is 7.13. The number of anilines is 1. The average Bonchev–Trinajstić information content (AvgIpc) is 3.49. The zero-order chi connectivity index (χ0) is 20.9. The summed E-state index contributed by atoms with van der Waals surface area (Å²) < 4.78 is 16.2. The fourth-order valence-corrected chi connectivity index (χ4v) is 4.14. The molecule has 2 aromatic heterocycles. The van der Waals surface area contributed by atoms with Crippen LogP contribution in [0.5, 0.6) is 11.5 Å². The molecular weight excluding hydrogens is 404 g/mol. The first-order valence-electron chi connectivity index (χ1n) is 9.61. The molecule has 3 aromatic rings. The molecule has 1 saturated heterocycles. The number of para-hydroxylation sites is 1. The van der Waals surface area contributed by atoms with Crippen LogP contribution in [-0.4, -0.2) is 48.5 Å². The van der Waals surface area contributed by atoms with Crippen LogP contribution in [0.1, 0.15) is 29.0 Å². The highest BCUT2D eigenvalue weighted by Crippen LogP contribution is 2.39. The van der Waals surface area contributed by atoms with E-state index in [1.54, 1.807) is 20.3 Å². The van der Waals surface area contributed by atoms with Gasteiger partial charge in [-0.1, -0.05) is 6.07 Å². The van der Waals surface area contributed by atoms with Gasteiger partial charge in [0.2, 0.25) is 0 Å². The molecule has 9 heteroatoms. The van der Waals surface area contributed by atoms with Crippen LogP contribution in [0.2, 0.25) is 0 Å². The van der Waals surface area contributed by atoms with Crippen LogP contribution < -0.4 is 14.4 Å². The SMILES string of the molecule is COc1cccc(-c2nc(COC(=O)c3ccc(N4CCCC4)nn3)cs2)c1OC. The van der Waals surface area contributed by atoms with Crippen molar-refractivity contribution in [3.63, 3.8) is 0 Å². The smallest absolute Gasteiger partial charge is 0.359 e. The van der Waals surface area contributed by atoms with E-state index in [1.165, 1.54) is 11.3 Å². The number of hydrogen-bond donors (Lipinski definition) is 0. The highest BCUT2D eigenvalue weighted by atomic mass is 32.1. The van der Waals surface area contributed by atoms with E-state index in [0.29, 0.717) is 17.2 Å². The van der Waals surface area contributed by atoms with E-state index >= 15 is 0 Å². The zero-order valence-corrected chi connectivity index (χ0v) is 17.6. The molecule has 1 aliphatic heterocycles. The molecule has 1 aliphatic rings. The molecule has 0 radical (unpaired) electrons. The molecule has 0 saturated carbocycles. The number of carbonyl (C=O) groups excluding carboxylic acids is 1. The van der Waals surface area contributed by atoms with Gasteiger partial charge in [0.05, 0.1) is 25.5 Å². The normalized spacial score (nSPS) is 13.3. The zero-order valence-electron chi connectivity index (χ0n) is 16.8. The maximum atomic E-state index is 12.3. The van der Waals surface area contributed by atoms with Crippen molar-refractivity contribution in [2.24, 2.45) is 0 Å². The van der Waals surface area contributed by atoms with E-state index in [2.05, 4.69) is 20.1 Å². The molecule has 8 nitrogen and oxygen atoms in total. The Hall–Kier alpha value is -3.20. The molecule has 0 unspecified atom stereocenters. The molecule has 1 fully saturated rings. The Balaban J connectivity index is 1.40. The van der Waals surface area contributed by atoms with Crippen molar-refractivity contribution in [3.8, 4) is 22.1 Å². The second-order valence-corrected chi connectivity index (χ2v) is 7.59. The van der Waals surface area contributed by atoms with Crippen molar-refractivity contribution in [2.75, 3.05) is 32.2 Å². The number of aromatic nitrogens is 3. The highest BCUT2D eigenvalue weighted by Gasteiger charge is 2.18. The first-order valence-corrected chi connectivity index (χ1v) is 10.5. The Bertz CT molecular complexity index is 1020. The molecule has 0 N–H and O–H groups in total. The van der Waals surface area contributed by atoms with Crippen LogP contribution in [0, 0.1) is 0 Å². The van der Waals surface area contributed by atoms with Crippen molar-refractivity contribution < 1.29 is 19.0 Å². The van der Waals surface area contributed by atoms with E-state index in [1.807, 2.05) is 29.6 Å². The summed E-state index contributed by atoms with van der Waals surface area (Å²) in [5.41, 5.74) is 1.65. The lowest BCUT2D eigenvalue weighted by atomic mass is 10.2. The van der Waals surface area contributed by atoms with E-state index < -0.39 is 5.97 Å². The van der Waals surface area contributed by atoms with Gasteiger partial charge in [-0.3, -0.25) is 0 Å². The Morgan fingerprint density at radius 3 is 2.63 bits per heavy atom. The lowest BCUT2D eigenvalue weighted by Gasteiger charge is -2.14. The van der Waals surface area contributed by atoms with Gasteiger partial charge >= 0.3 is 5.97 Å². The fraction of sp³-hybridized carbons (Fsp3) is 0.333. The Labute approximate surface area is 178 Å². The van der Waals surface area contributed by atoms with E-state index in [-0.39, 0.29) is 12.3 Å². The summed E-state index contributed by atoms with van der Waals surface area (Å²) in [6.45, 7) is 2.00. The third-order valence-electron chi connectivity index (χ3n) is 4.83. The number of methoxy groups -OCH3 is 2. The van der Waals surface area contributed by atoms with Gasteiger partial charge < -0.3 is 19.1 Å². The van der Waals surface area contributed by atoms with Crippen molar-refractivity contribution in [2.45, 2.75) is 19.4 Å². The van der Waals surface area contributed by atoms with Gasteiger partial charge in [0.1, 0.15) is 11.6 Å². The molecule has 0 atom stereocenters. The Kier molecular flexibility index (Phi) is 6.08. The number of hydrogen-bond acceptors (Lipinski definition) is 9. The molecular formula is C21H22N4O4S. The lowest BCUT2D eigenvalue weighted by Crippen LogP contribution is -2.20. The molecule has 30 heavy (non-hydrogen) atoms. The Morgan fingerprint density at radius 1 is 1.10 bits per heavy atom. The summed E-state index contributed by atoms with van der Waals surface area (Å²) in [5.74, 6) is 1.52. The summed E-state index contributed by atoms with van der Waals surface area (Å²) in [4.78, 5) is 19.0. The predicted octanol–water partition coefficient (Wildman–Crippen LogP) is 3.57. The molecule has 3 heterocycles. The van der Waals surface area contributed by atoms with Crippen molar-refractivity contribution >= 4 is 23.1 Å². The van der Waals surface area contributed by atoms with Gasteiger partial charge in [0.15, 0.2) is 23.0 Å². The standard InChI is InChI=1S/C21H22N4O4S/c1-27-17-7-5-6-15(19(17)28-2)20-22-14(13-30-20)12-29-21(26)16-8-9-18(24-23-16)25-10-3-4-11-25/h5-9,13H,3-4,10-12H2,1-2H3. The van der Waals surface area contributed by atoms with Gasteiger partial charge in [-0.2, -0.15) is 0 Å². The number of rotatable bonds is 7. The number of esters is 1. The summed E-state index contributed by atoms with van der Waals surface area (Å²) >= 11 is 1.44. The van der Waals surface area contributed by atoms with Crippen LogP contribution in [0.25, 0.3) is 10.6 Å². The topological polar surface area (TPSA) is 86.7 Å². The second kappa shape index (κ2) is 9.08. The maximum absolute atomic E-state index is 12.3. The van der Waals surface area contributed by atoms with E-state index in [0.717, 1.165) is 42.3 Å². The number of benzene rings is 1. The second-order valence-electron chi connectivity index (χ2n) is 6.73.